The molecule has 2 nitrogen and oxygen atoms in total. The molecule has 2 aromatic rings. The van der Waals surface area contributed by atoms with Crippen LogP contribution in [0.5, 0.6) is 11.5 Å². The summed E-state index contributed by atoms with van der Waals surface area (Å²) >= 11 is 0. The van der Waals surface area contributed by atoms with E-state index in [9.17, 15) is 0 Å². The number of hydrogen-bond donors (Lipinski definition) is 0. The molecule has 0 spiro atoms. The van der Waals surface area contributed by atoms with E-state index in [1.807, 2.05) is 12.1 Å². The van der Waals surface area contributed by atoms with Crippen LogP contribution in [0.3, 0.4) is 0 Å². The summed E-state index contributed by atoms with van der Waals surface area (Å²) in [6.07, 6.45) is 4.03. The summed E-state index contributed by atoms with van der Waals surface area (Å²) in [6, 6.07) is 16.9. The van der Waals surface area contributed by atoms with Crippen LogP contribution >= 0.6 is 0 Å². The summed E-state index contributed by atoms with van der Waals surface area (Å²) in [5.74, 6) is 3.23. The summed E-state index contributed by atoms with van der Waals surface area (Å²) < 4.78 is 11.6. The van der Waals surface area contributed by atoms with Gasteiger partial charge in [0.1, 0.15) is 17.6 Å². The van der Waals surface area contributed by atoms with Gasteiger partial charge in [0.05, 0.1) is 7.11 Å². The van der Waals surface area contributed by atoms with E-state index in [4.69, 9.17) is 9.47 Å². The summed E-state index contributed by atoms with van der Waals surface area (Å²) in [5.41, 5.74) is 2.67. The van der Waals surface area contributed by atoms with Crippen LogP contribution in [-0.4, -0.2) is 7.11 Å². The molecular formula is C19H20O2. The first kappa shape index (κ1) is 12.8. The number of fused-ring (bicyclic) bond motifs is 3. The maximum absolute atomic E-state index is 6.36. The van der Waals surface area contributed by atoms with E-state index in [0.717, 1.165) is 11.5 Å². The van der Waals surface area contributed by atoms with Crippen LogP contribution in [0.25, 0.3) is 0 Å². The maximum atomic E-state index is 6.36. The lowest BCUT2D eigenvalue weighted by Crippen LogP contribution is -2.26. The minimum Gasteiger partial charge on any atom is -0.497 e. The Morgan fingerprint density at radius 3 is 2.62 bits per heavy atom. The Morgan fingerprint density at radius 2 is 1.81 bits per heavy atom. The van der Waals surface area contributed by atoms with Crippen LogP contribution in [0.1, 0.15) is 42.4 Å². The zero-order chi connectivity index (χ0) is 14.2. The summed E-state index contributed by atoms with van der Waals surface area (Å²) in [6.45, 7) is 0. The molecule has 2 aliphatic rings. The van der Waals surface area contributed by atoms with Gasteiger partial charge in [-0.25, -0.2) is 0 Å². The molecule has 1 aliphatic heterocycles. The third-order valence-electron chi connectivity index (χ3n) is 4.98. The molecule has 1 saturated carbocycles. The molecule has 0 N–H and O–H groups in total. The van der Waals surface area contributed by atoms with E-state index in [-0.39, 0.29) is 6.10 Å². The first-order valence-electron chi connectivity index (χ1n) is 7.76. The quantitative estimate of drug-likeness (QED) is 0.793. The first-order valence-corrected chi connectivity index (χ1v) is 7.76. The number of hydrogen-bond acceptors (Lipinski definition) is 2. The normalized spacial score (nSPS) is 26.6. The van der Waals surface area contributed by atoms with Gasteiger partial charge >= 0.3 is 0 Å². The molecule has 0 unspecified atom stereocenters. The van der Waals surface area contributed by atoms with Crippen LogP contribution in [0.15, 0.2) is 48.5 Å². The second-order valence-electron chi connectivity index (χ2n) is 6.05. The molecule has 2 aromatic carbocycles. The molecule has 0 saturated heterocycles. The molecule has 0 radical (unpaired) electrons. The highest BCUT2D eigenvalue weighted by molar-refractivity contribution is 5.41. The minimum atomic E-state index is 0.179. The van der Waals surface area contributed by atoms with Crippen molar-refractivity contribution in [1.82, 2.24) is 0 Å². The lowest BCUT2D eigenvalue weighted by molar-refractivity contribution is 0.104. The van der Waals surface area contributed by atoms with Gasteiger partial charge in [-0.15, -0.1) is 0 Å². The molecule has 3 atom stereocenters. The van der Waals surface area contributed by atoms with Crippen LogP contribution in [0.2, 0.25) is 0 Å². The SMILES string of the molecule is COc1ccc([C@@H]2Oc3ccccc3[C@H]3CCC[C@H]32)cc1. The van der Waals surface area contributed by atoms with E-state index < -0.39 is 0 Å². The largest absolute Gasteiger partial charge is 0.497 e. The monoisotopic (exact) mass is 280 g/mol. The molecule has 4 rings (SSSR count). The second-order valence-corrected chi connectivity index (χ2v) is 6.05. The van der Waals surface area contributed by atoms with Crippen molar-refractivity contribution in [1.29, 1.82) is 0 Å². The van der Waals surface area contributed by atoms with E-state index in [0.29, 0.717) is 11.8 Å². The standard InChI is InChI=1S/C19H20O2/c1-20-14-11-9-13(10-12-14)19-17-7-4-6-15(17)16-5-2-3-8-18(16)21-19/h2-3,5,8-12,15,17,19H,4,6-7H2,1H3/t15-,17-,19+/m1/s1. The van der Waals surface area contributed by atoms with Gasteiger partial charge in [0.2, 0.25) is 0 Å². The fourth-order valence-corrected chi connectivity index (χ4v) is 3.96. The van der Waals surface area contributed by atoms with Gasteiger partial charge in [-0.3, -0.25) is 0 Å². The molecule has 21 heavy (non-hydrogen) atoms. The van der Waals surface area contributed by atoms with Gasteiger partial charge in [0.15, 0.2) is 0 Å². The average molecular weight is 280 g/mol. The first-order chi connectivity index (χ1) is 10.4. The number of methoxy groups -OCH3 is 1. The van der Waals surface area contributed by atoms with Crippen molar-refractivity contribution in [2.24, 2.45) is 5.92 Å². The van der Waals surface area contributed by atoms with Crippen LogP contribution in [0, 0.1) is 5.92 Å². The van der Waals surface area contributed by atoms with Crippen molar-refractivity contribution >= 4 is 0 Å². The van der Waals surface area contributed by atoms with Gasteiger partial charge in [-0.05, 0) is 48.1 Å². The Hall–Kier alpha value is -1.96. The fourth-order valence-electron chi connectivity index (χ4n) is 3.96. The third-order valence-corrected chi connectivity index (χ3v) is 4.98. The van der Waals surface area contributed by atoms with Gasteiger partial charge in [0, 0.05) is 5.92 Å². The minimum absolute atomic E-state index is 0.179. The number of rotatable bonds is 2. The summed E-state index contributed by atoms with van der Waals surface area (Å²) in [7, 11) is 1.70. The van der Waals surface area contributed by atoms with E-state index in [1.54, 1.807) is 7.11 Å². The van der Waals surface area contributed by atoms with Crippen molar-refractivity contribution in [2.45, 2.75) is 31.3 Å². The molecule has 0 bridgehead atoms. The number of para-hydroxylation sites is 1. The average Bonchev–Trinajstić information content (AvgIpc) is 3.04. The molecular weight excluding hydrogens is 260 g/mol. The van der Waals surface area contributed by atoms with E-state index >= 15 is 0 Å². The number of benzene rings is 2. The molecule has 0 amide bonds. The van der Waals surface area contributed by atoms with E-state index in [1.165, 1.54) is 30.4 Å². The Morgan fingerprint density at radius 1 is 1.00 bits per heavy atom. The highest BCUT2D eigenvalue weighted by atomic mass is 16.5. The molecule has 1 aliphatic carbocycles. The third kappa shape index (κ3) is 2.10. The maximum Gasteiger partial charge on any atom is 0.127 e. The van der Waals surface area contributed by atoms with Crippen LogP contribution < -0.4 is 9.47 Å². The van der Waals surface area contributed by atoms with Crippen molar-refractivity contribution in [3.05, 3.63) is 59.7 Å². The van der Waals surface area contributed by atoms with E-state index in [2.05, 4.69) is 36.4 Å². The fraction of sp³-hybridized carbons (Fsp3) is 0.368. The Kier molecular flexibility index (Phi) is 3.10. The Balaban J connectivity index is 1.72. The van der Waals surface area contributed by atoms with Crippen LogP contribution in [-0.2, 0) is 0 Å². The van der Waals surface area contributed by atoms with Gasteiger partial charge in [-0.2, -0.15) is 0 Å². The predicted molar refractivity (Wildman–Crippen MR) is 82.9 cm³/mol. The highest BCUT2D eigenvalue weighted by Crippen LogP contribution is 2.53. The van der Waals surface area contributed by atoms with Gasteiger partial charge < -0.3 is 9.47 Å². The highest BCUT2D eigenvalue weighted by Gasteiger charge is 2.41. The molecule has 2 heteroatoms. The lowest BCUT2D eigenvalue weighted by Gasteiger charge is -2.36. The predicted octanol–water partition coefficient (Wildman–Crippen LogP) is 4.71. The Bertz CT molecular complexity index is 632. The van der Waals surface area contributed by atoms with Crippen molar-refractivity contribution in [3.63, 3.8) is 0 Å². The van der Waals surface area contributed by atoms with Crippen LogP contribution in [0.4, 0.5) is 0 Å². The Labute approximate surface area is 125 Å². The summed E-state index contributed by atoms with van der Waals surface area (Å²) in [4.78, 5) is 0. The van der Waals surface area contributed by atoms with Gasteiger partial charge in [0.25, 0.3) is 0 Å². The number of ether oxygens (including phenoxy) is 2. The second kappa shape index (κ2) is 5.10. The zero-order valence-corrected chi connectivity index (χ0v) is 12.3. The van der Waals surface area contributed by atoms with Crippen molar-refractivity contribution in [3.8, 4) is 11.5 Å². The molecule has 108 valence electrons. The molecule has 1 fully saturated rings. The van der Waals surface area contributed by atoms with Crippen molar-refractivity contribution < 1.29 is 9.47 Å². The smallest absolute Gasteiger partial charge is 0.127 e. The lowest BCUT2D eigenvalue weighted by atomic mass is 9.80. The van der Waals surface area contributed by atoms with Gasteiger partial charge in [-0.1, -0.05) is 36.8 Å². The topological polar surface area (TPSA) is 18.5 Å². The summed E-state index contributed by atoms with van der Waals surface area (Å²) in [5, 5.41) is 0. The molecule has 0 aromatic heterocycles. The zero-order valence-electron chi connectivity index (χ0n) is 12.3. The van der Waals surface area contributed by atoms with Crippen molar-refractivity contribution in [2.75, 3.05) is 7.11 Å². The molecule has 1 heterocycles.